The van der Waals surface area contributed by atoms with Crippen LogP contribution in [0.15, 0.2) is 24.5 Å². The maximum absolute atomic E-state index is 5.63. The average molecular weight is 162 g/mol. The van der Waals surface area contributed by atoms with Crippen LogP contribution in [-0.2, 0) is 0 Å². The molecule has 0 radical (unpaired) electrons. The molecule has 0 unspecified atom stereocenters. The van der Waals surface area contributed by atoms with Gasteiger partial charge >= 0.3 is 0 Å². The van der Waals surface area contributed by atoms with Gasteiger partial charge in [0.15, 0.2) is 5.65 Å². The fourth-order valence-electron chi connectivity index (χ4n) is 1.28. The van der Waals surface area contributed by atoms with Crippen LogP contribution in [-0.4, -0.2) is 16.7 Å². The van der Waals surface area contributed by atoms with Gasteiger partial charge in [-0.1, -0.05) is 0 Å². The van der Waals surface area contributed by atoms with Crippen LogP contribution in [0.25, 0.3) is 11.0 Å². The van der Waals surface area contributed by atoms with Gasteiger partial charge in [0.2, 0.25) is 0 Å². The Morgan fingerprint density at radius 3 is 3.08 bits per heavy atom. The van der Waals surface area contributed by atoms with Gasteiger partial charge in [-0.25, -0.2) is 4.98 Å². The summed E-state index contributed by atoms with van der Waals surface area (Å²) in [6.07, 6.45) is 3.52. The second-order valence-corrected chi connectivity index (χ2v) is 2.57. The molecule has 2 aromatic rings. The van der Waals surface area contributed by atoms with Crippen LogP contribution in [0.3, 0.4) is 0 Å². The number of fused-ring (bicyclic) bond motifs is 1. The molecular formula is C8H10N4. The van der Waals surface area contributed by atoms with Crippen molar-refractivity contribution in [1.29, 1.82) is 0 Å². The van der Waals surface area contributed by atoms with Gasteiger partial charge in [0.25, 0.3) is 0 Å². The molecule has 2 rings (SSSR count). The molecule has 0 saturated carbocycles. The third-order valence-electron chi connectivity index (χ3n) is 1.88. The standard InChI is InChI=1S/C8H10N4/c1-10-7-2-4-11-8-6(7)3-5-12(8)9/h2-5H,9H2,1H3,(H,10,11). The van der Waals surface area contributed by atoms with Crippen molar-refractivity contribution in [3.8, 4) is 0 Å². The minimum atomic E-state index is 0.793. The Labute approximate surface area is 70.0 Å². The Morgan fingerprint density at radius 2 is 2.33 bits per heavy atom. The number of anilines is 1. The van der Waals surface area contributed by atoms with Crippen LogP contribution < -0.4 is 11.2 Å². The predicted octanol–water partition coefficient (Wildman–Crippen LogP) is 0.792. The lowest BCUT2D eigenvalue weighted by Gasteiger charge is -2.00. The monoisotopic (exact) mass is 162 g/mol. The molecule has 2 heterocycles. The summed E-state index contributed by atoms with van der Waals surface area (Å²) < 4.78 is 1.51. The first-order chi connectivity index (χ1) is 5.83. The highest BCUT2D eigenvalue weighted by Gasteiger charge is 2.02. The van der Waals surface area contributed by atoms with Gasteiger partial charge in [0.1, 0.15) is 0 Å². The second kappa shape index (κ2) is 2.41. The van der Waals surface area contributed by atoms with Crippen molar-refractivity contribution in [2.75, 3.05) is 18.2 Å². The van der Waals surface area contributed by atoms with Gasteiger partial charge in [-0.3, -0.25) is 4.68 Å². The van der Waals surface area contributed by atoms with E-state index in [1.165, 1.54) is 4.68 Å². The highest BCUT2D eigenvalue weighted by Crippen LogP contribution is 2.20. The van der Waals surface area contributed by atoms with Crippen molar-refractivity contribution in [2.24, 2.45) is 0 Å². The SMILES string of the molecule is CNc1ccnc2c1ccn2N. The minimum absolute atomic E-state index is 0.793. The number of aromatic nitrogens is 2. The van der Waals surface area contributed by atoms with Crippen molar-refractivity contribution in [1.82, 2.24) is 9.66 Å². The van der Waals surface area contributed by atoms with Crippen LogP contribution in [0, 0.1) is 0 Å². The summed E-state index contributed by atoms with van der Waals surface area (Å²) in [5, 5.41) is 4.12. The van der Waals surface area contributed by atoms with Gasteiger partial charge in [0.05, 0.1) is 0 Å². The first kappa shape index (κ1) is 6.97. The molecule has 0 amide bonds. The Morgan fingerprint density at radius 1 is 1.50 bits per heavy atom. The number of rotatable bonds is 1. The van der Waals surface area contributed by atoms with E-state index in [1.54, 1.807) is 12.4 Å². The maximum Gasteiger partial charge on any atom is 0.160 e. The van der Waals surface area contributed by atoms with Gasteiger partial charge in [0, 0.05) is 30.5 Å². The second-order valence-electron chi connectivity index (χ2n) is 2.57. The average Bonchev–Trinajstić information content (AvgIpc) is 2.48. The number of nitrogens with two attached hydrogens (primary N) is 1. The molecule has 2 aromatic heterocycles. The summed E-state index contributed by atoms with van der Waals surface area (Å²) >= 11 is 0. The number of pyridine rings is 1. The molecule has 4 nitrogen and oxygen atoms in total. The van der Waals surface area contributed by atoms with Crippen molar-refractivity contribution in [3.05, 3.63) is 24.5 Å². The lowest BCUT2D eigenvalue weighted by Crippen LogP contribution is -2.06. The molecule has 0 saturated heterocycles. The Bertz CT molecular complexity index is 404. The number of hydrogen-bond donors (Lipinski definition) is 2. The molecule has 0 aliphatic heterocycles. The maximum atomic E-state index is 5.63. The van der Waals surface area contributed by atoms with Crippen LogP contribution in [0.1, 0.15) is 0 Å². The smallest absolute Gasteiger partial charge is 0.160 e. The highest BCUT2D eigenvalue weighted by molar-refractivity contribution is 5.89. The summed E-state index contributed by atoms with van der Waals surface area (Å²) in [4.78, 5) is 4.15. The Hall–Kier alpha value is -1.71. The summed E-state index contributed by atoms with van der Waals surface area (Å²) in [6.45, 7) is 0. The van der Waals surface area contributed by atoms with Gasteiger partial charge < -0.3 is 11.2 Å². The first-order valence-corrected chi connectivity index (χ1v) is 3.72. The zero-order valence-corrected chi connectivity index (χ0v) is 6.78. The molecule has 12 heavy (non-hydrogen) atoms. The Balaban J connectivity index is 2.81. The van der Waals surface area contributed by atoms with E-state index in [0.717, 1.165) is 16.7 Å². The molecule has 0 aliphatic carbocycles. The largest absolute Gasteiger partial charge is 0.387 e. The van der Waals surface area contributed by atoms with Gasteiger partial charge in [-0.2, -0.15) is 0 Å². The molecule has 4 heteroatoms. The van der Waals surface area contributed by atoms with E-state index in [2.05, 4.69) is 10.3 Å². The molecule has 62 valence electrons. The Kier molecular flexibility index (Phi) is 1.40. The third-order valence-corrected chi connectivity index (χ3v) is 1.88. The van der Waals surface area contributed by atoms with Gasteiger partial charge in [-0.15, -0.1) is 0 Å². The molecule has 0 spiro atoms. The number of nitrogen functional groups attached to an aromatic ring is 1. The fourth-order valence-corrected chi connectivity index (χ4v) is 1.28. The molecule has 3 N–H and O–H groups in total. The summed E-state index contributed by atoms with van der Waals surface area (Å²) in [7, 11) is 1.88. The number of nitrogens with one attached hydrogen (secondary N) is 1. The van der Waals surface area contributed by atoms with Crippen molar-refractivity contribution in [2.45, 2.75) is 0 Å². The van der Waals surface area contributed by atoms with Crippen molar-refractivity contribution >= 4 is 16.7 Å². The lowest BCUT2D eigenvalue weighted by molar-refractivity contribution is 1.04. The first-order valence-electron chi connectivity index (χ1n) is 3.72. The van der Waals surface area contributed by atoms with E-state index in [1.807, 2.05) is 19.2 Å². The topological polar surface area (TPSA) is 55.9 Å². The fraction of sp³-hybridized carbons (Fsp3) is 0.125. The summed E-state index contributed by atoms with van der Waals surface area (Å²) in [6, 6.07) is 3.86. The quantitative estimate of drug-likeness (QED) is 0.609. The molecule has 0 aromatic carbocycles. The van der Waals surface area contributed by atoms with E-state index >= 15 is 0 Å². The van der Waals surface area contributed by atoms with Crippen molar-refractivity contribution < 1.29 is 0 Å². The zero-order valence-electron chi connectivity index (χ0n) is 6.78. The molecular weight excluding hydrogens is 152 g/mol. The number of nitrogens with zero attached hydrogens (tertiary/aromatic N) is 2. The molecule has 0 aliphatic rings. The molecule has 0 fully saturated rings. The van der Waals surface area contributed by atoms with E-state index < -0.39 is 0 Å². The van der Waals surface area contributed by atoms with E-state index in [-0.39, 0.29) is 0 Å². The van der Waals surface area contributed by atoms with Crippen molar-refractivity contribution in [3.63, 3.8) is 0 Å². The summed E-state index contributed by atoms with van der Waals surface area (Å²) in [5.74, 6) is 5.63. The number of hydrogen-bond acceptors (Lipinski definition) is 3. The van der Waals surface area contributed by atoms with Crippen LogP contribution >= 0.6 is 0 Å². The normalized spacial score (nSPS) is 10.4. The van der Waals surface area contributed by atoms with Gasteiger partial charge in [-0.05, 0) is 12.1 Å². The summed E-state index contributed by atoms with van der Waals surface area (Å²) in [5.41, 5.74) is 1.84. The van der Waals surface area contributed by atoms with Crippen LogP contribution in [0.5, 0.6) is 0 Å². The minimum Gasteiger partial charge on any atom is -0.387 e. The van der Waals surface area contributed by atoms with Crippen LogP contribution in [0.4, 0.5) is 5.69 Å². The van der Waals surface area contributed by atoms with Crippen LogP contribution in [0.2, 0.25) is 0 Å². The zero-order chi connectivity index (χ0) is 8.55. The molecule has 0 bridgehead atoms. The van der Waals surface area contributed by atoms with E-state index in [4.69, 9.17) is 5.84 Å². The van der Waals surface area contributed by atoms with E-state index in [9.17, 15) is 0 Å². The third kappa shape index (κ3) is 0.812. The lowest BCUT2D eigenvalue weighted by atomic mass is 10.3. The highest BCUT2D eigenvalue weighted by atomic mass is 15.3. The molecule has 0 atom stereocenters. The predicted molar refractivity (Wildman–Crippen MR) is 49.4 cm³/mol. The van der Waals surface area contributed by atoms with E-state index in [0.29, 0.717) is 0 Å².